The number of benzene rings is 1. The maximum absolute atomic E-state index is 12.3. The second-order valence-corrected chi connectivity index (χ2v) is 4.85. The Morgan fingerprint density at radius 1 is 1.30 bits per heavy atom. The molecule has 1 unspecified atom stereocenters. The Labute approximate surface area is 116 Å². The monoisotopic (exact) mass is 272 g/mol. The van der Waals surface area contributed by atoms with Crippen LogP contribution >= 0.6 is 0 Å². The van der Waals surface area contributed by atoms with Crippen molar-refractivity contribution in [3.8, 4) is 0 Å². The van der Waals surface area contributed by atoms with E-state index in [-0.39, 0.29) is 0 Å². The van der Waals surface area contributed by atoms with Gasteiger partial charge in [0.2, 0.25) is 0 Å². The van der Waals surface area contributed by atoms with E-state index in [1.165, 1.54) is 13.1 Å². The van der Waals surface area contributed by atoms with Gasteiger partial charge in [-0.25, -0.2) is 4.79 Å². The molecule has 1 amide bonds. The number of carbonyl (C=O) groups is 2. The molecule has 0 saturated heterocycles. The second-order valence-electron chi connectivity index (χ2n) is 4.85. The molecule has 1 aromatic carbocycles. The van der Waals surface area contributed by atoms with Gasteiger partial charge < -0.3 is 10.4 Å². The van der Waals surface area contributed by atoms with Gasteiger partial charge in [0.15, 0.2) is 0 Å². The zero-order chi connectivity index (χ0) is 14.8. The van der Waals surface area contributed by atoms with Crippen molar-refractivity contribution in [1.82, 2.24) is 10.3 Å². The van der Waals surface area contributed by atoms with E-state index in [1.807, 2.05) is 24.3 Å². The molecule has 2 N–H and O–H groups in total. The minimum absolute atomic E-state index is 0.298. The maximum atomic E-state index is 12.3. The van der Waals surface area contributed by atoms with Crippen molar-refractivity contribution in [1.29, 1.82) is 0 Å². The predicted molar refractivity (Wildman–Crippen MR) is 75.5 cm³/mol. The highest BCUT2D eigenvalue weighted by Gasteiger charge is 2.33. The number of nitrogens with one attached hydrogen (secondary N) is 1. The highest BCUT2D eigenvalue weighted by atomic mass is 16.4. The van der Waals surface area contributed by atoms with E-state index in [0.717, 1.165) is 10.8 Å². The molecule has 2 rings (SSSR count). The van der Waals surface area contributed by atoms with Crippen molar-refractivity contribution in [3.05, 3.63) is 42.2 Å². The fraction of sp³-hybridized carbons (Fsp3) is 0.267. The van der Waals surface area contributed by atoms with Crippen LogP contribution in [0.25, 0.3) is 10.8 Å². The molecular formula is C15H16N2O3. The minimum atomic E-state index is -1.28. The number of fused-ring (bicyclic) bond motifs is 1. The van der Waals surface area contributed by atoms with Crippen molar-refractivity contribution >= 4 is 22.6 Å². The molecule has 0 saturated carbocycles. The van der Waals surface area contributed by atoms with Gasteiger partial charge in [-0.1, -0.05) is 31.2 Å². The molecule has 1 heterocycles. The van der Waals surface area contributed by atoms with Gasteiger partial charge in [-0.3, -0.25) is 9.78 Å². The Bertz CT molecular complexity index is 664. The van der Waals surface area contributed by atoms with Crippen LogP contribution in [-0.4, -0.2) is 27.5 Å². The minimum Gasteiger partial charge on any atom is -0.480 e. The molecular weight excluding hydrogens is 256 g/mol. The molecule has 0 aliphatic heterocycles. The average Bonchev–Trinajstić information content (AvgIpc) is 2.46. The molecule has 1 aromatic heterocycles. The normalized spacial score (nSPS) is 13.7. The summed E-state index contributed by atoms with van der Waals surface area (Å²) in [6.45, 7) is 3.21. The van der Waals surface area contributed by atoms with E-state index >= 15 is 0 Å². The predicted octanol–water partition coefficient (Wildman–Crippen LogP) is 2.22. The lowest BCUT2D eigenvalue weighted by Crippen LogP contribution is -2.51. The van der Waals surface area contributed by atoms with E-state index in [2.05, 4.69) is 10.3 Å². The first-order chi connectivity index (χ1) is 9.48. The fourth-order valence-electron chi connectivity index (χ4n) is 1.91. The lowest BCUT2D eigenvalue weighted by Gasteiger charge is -2.24. The van der Waals surface area contributed by atoms with Gasteiger partial charge in [-0.05, 0) is 18.7 Å². The highest BCUT2D eigenvalue weighted by Crippen LogP contribution is 2.18. The van der Waals surface area contributed by atoms with E-state index in [1.54, 1.807) is 13.1 Å². The number of amides is 1. The largest absolute Gasteiger partial charge is 0.480 e. The number of hydrogen-bond donors (Lipinski definition) is 2. The van der Waals surface area contributed by atoms with Crippen LogP contribution in [0.3, 0.4) is 0 Å². The van der Waals surface area contributed by atoms with Gasteiger partial charge in [0.1, 0.15) is 5.54 Å². The van der Waals surface area contributed by atoms with Crippen LogP contribution in [0.2, 0.25) is 0 Å². The second kappa shape index (κ2) is 5.28. The van der Waals surface area contributed by atoms with E-state index in [9.17, 15) is 14.7 Å². The van der Waals surface area contributed by atoms with E-state index in [4.69, 9.17) is 0 Å². The molecule has 0 bridgehead atoms. The first-order valence-electron chi connectivity index (χ1n) is 6.36. The Morgan fingerprint density at radius 2 is 2.00 bits per heavy atom. The molecule has 0 radical (unpaired) electrons. The third-order valence-electron chi connectivity index (χ3n) is 3.48. The third-order valence-corrected chi connectivity index (χ3v) is 3.48. The van der Waals surface area contributed by atoms with Gasteiger partial charge in [0, 0.05) is 17.8 Å². The molecule has 0 spiro atoms. The van der Waals surface area contributed by atoms with E-state index in [0.29, 0.717) is 12.0 Å². The lowest BCUT2D eigenvalue weighted by molar-refractivity contribution is -0.143. The van der Waals surface area contributed by atoms with Gasteiger partial charge in [-0.2, -0.15) is 0 Å². The van der Waals surface area contributed by atoms with Crippen LogP contribution in [0.15, 0.2) is 36.7 Å². The van der Waals surface area contributed by atoms with Crippen LogP contribution in [-0.2, 0) is 4.79 Å². The van der Waals surface area contributed by atoms with Crippen molar-refractivity contribution in [3.63, 3.8) is 0 Å². The van der Waals surface area contributed by atoms with Crippen LogP contribution in [0, 0.1) is 0 Å². The Balaban J connectivity index is 2.40. The number of aromatic nitrogens is 1. The van der Waals surface area contributed by atoms with E-state index < -0.39 is 17.4 Å². The first-order valence-corrected chi connectivity index (χ1v) is 6.36. The number of pyridine rings is 1. The molecule has 0 aliphatic carbocycles. The number of hydrogen-bond acceptors (Lipinski definition) is 3. The summed E-state index contributed by atoms with van der Waals surface area (Å²) >= 11 is 0. The van der Waals surface area contributed by atoms with Crippen molar-refractivity contribution in [2.75, 3.05) is 0 Å². The number of aliphatic carboxylic acids is 1. The number of rotatable bonds is 4. The van der Waals surface area contributed by atoms with Gasteiger partial charge in [0.05, 0.1) is 5.56 Å². The molecule has 0 fully saturated rings. The average molecular weight is 272 g/mol. The van der Waals surface area contributed by atoms with Crippen LogP contribution < -0.4 is 5.32 Å². The number of carbonyl (C=O) groups excluding carboxylic acids is 1. The Kier molecular flexibility index (Phi) is 3.70. The zero-order valence-corrected chi connectivity index (χ0v) is 11.4. The quantitative estimate of drug-likeness (QED) is 0.894. The Hall–Kier alpha value is -2.43. The van der Waals surface area contributed by atoms with Crippen molar-refractivity contribution < 1.29 is 14.7 Å². The van der Waals surface area contributed by atoms with Gasteiger partial charge in [0.25, 0.3) is 5.91 Å². The zero-order valence-electron chi connectivity index (χ0n) is 11.4. The summed E-state index contributed by atoms with van der Waals surface area (Å²) in [4.78, 5) is 27.6. The van der Waals surface area contributed by atoms with Crippen molar-refractivity contribution in [2.45, 2.75) is 25.8 Å². The number of nitrogens with zero attached hydrogens (tertiary/aromatic N) is 1. The SMILES string of the molecule is CCC(C)(NC(=O)c1cncc2ccccc12)C(=O)O. The highest BCUT2D eigenvalue weighted by molar-refractivity contribution is 6.07. The van der Waals surface area contributed by atoms with Crippen molar-refractivity contribution in [2.24, 2.45) is 0 Å². The number of carboxylic acid groups (broad SMARTS) is 1. The summed E-state index contributed by atoms with van der Waals surface area (Å²) in [6.07, 6.45) is 3.42. The summed E-state index contributed by atoms with van der Waals surface area (Å²) < 4.78 is 0. The Morgan fingerprint density at radius 3 is 2.65 bits per heavy atom. The summed E-state index contributed by atoms with van der Waals surface area (Å²) in [7, 11) is 0. The van der Waals surface area contributed by atoms with Crippen LogP contribution in [0.5, 0.6) is 0 Å². The summed E-state index contributed by atoms with van der Waals surface area (Å²) in [6, 6.07) is 7.36. The summed E-state index contributed by atoms with van der Waals surface area (Å²) in [5.74, 6) is -1.48. The number of carboxylic acids is 1. The third kappa shape index (κ3) is 2.47. The fourth-order valence-corrected chi connectivity index (χ4v) is 1.91. The summed E-state index contributed by atoms with van der Waals surface area (Å²) in [5, 5.41) is 13.4. The standard InChI is InChI=1S/C15H16N2O3/c1-3-15(2,14(19)20)17-13(18)12-9-16-8-10-6-4-5-7-11(10)12/h4-9H,3H2,1-2H3,(H,17,18)(H,19,20). The van der Waals surface area contributed by atoms with Gasteiger partial charge in [-0.15, -0.1) is 0 Å². The topological polar surface area (TPSA) is 79.3 Å². The lowest BCUT2D eigenvalue weighted by atomic mass is 9.98. The van der Waals surface area contributed by atoms with Crippen LogP contribution in [0.4, 0.5) is 0 Å². The molecule has 0 aliphatic rings. The maximum Gasteiger partial charge on any atom is 0.329 e. The summed E-state index contributed by atoms with van der Waals surface area (Å²) in [5.41, 5.74) is -0.905. The molecule has 1 atom stereocenters. The molecule has 20 heavy (non-hydrogen) atoms. The molecule has 2 aromatic rings. The smallest absolute Gasteiger partial charge is 0.329 e. The van der Waals surface area contributed by atoms with Crippen LogP contribution in [0.1, 0.15) is 30.6 Å². The molecule has 5 heteroatoms. The first kappa shape index (κ1) is 14.0. The van der Waals surface area contributed by atoms with Gasteiger partial charge >= 0.3 is 5.97 Å². The molecule has 104 valence electrons. The molecule has 5 nitrogen and oxygen atoms in total.